The summed E-state index contributed by atoms with van der Waals surface area (Å²) in [6.07, 6.45) is 1.73. The van der Waals surface area contributed by atoms with E-state index in [-0.39, 0.29) is 12.5 Å². The molecule has 0 aromatic carbocycles. The van der Waals surface area contributed by atoms with E-state index in [2.05, 4.69) is 20.6 Å². The molecule has 0 spiro atoms. The Hall–Kier alpha value is -1.36. The van der Waals surface area contributed by atoms with E-state index in [1.165, 1.54) is 0 Å². The van der Waals surface area contributed by atoms with E-state index in [0.717, 1.165) is 12.8 Å². The van der Waals surface area contributed by atoms with Gasteiger partial charge in [0.1, 0.15) is 16.8 Å². The van der Waals surface area contributed by atoms with E-state index in [0.29, 0.717) is 23.3 Å². The van der Waals surface area contributed by atoms with Gasteiger partial charge in [-0.1, -0.05) is 18.5 Å². The van der Waals surface area contributed by atoms with E-state index < -0.39 is 0 Å². The minimum absolute atomic E-state index is 0.0701. The van der Waals surface area contributed by atoms with Crippen LogP contribution < -0.4 is 10.6 Å². The van der Waals surface area contributed by atoms with Crippen molar-refractivity contribution in [2.24, 2.45) is 0 Å². The van der Waals surface area contributed by atoms with Crippen LogP contribution in [0.2, 0.25) is 5.15 Å². The van der Waals surface area contributed by atoms with Gasteiger partial charge in [-0.05, 0) is 13.3 Å². The molecular formula is C11H17ClN4O. The number of likely N-dealkylation sites (N-methyl/N-ethyl adjacent to an activating group) is 1. The molecule has 2 N–H and O–H groups in total. The normalized spacial score (nSPS) is 10.1. The molecule has 1 amide bonds. The summed E-state index contributed by atoms with van der Waals surface area (Å²) in [7, 11) is 0. The van der Waals surface area contributed by atoms with Crippen molar-refractivity contribution >= 4 is 23.3 Å². The fourth-order valence-corrected chi connectivity index (χ4v) is 1.52. The maximum atomic E-state index is 11.3. The van der Waals surface area contributed by atoms with E-state index >= 15 is 0 Å². The first kappa shape index (κ1) is 13.7. The summed E-state index contributed by atoms with van der Waals surface area (Å²) in [5, 5.41) is 6.00. The van der Waals surface area contributed by atoms with Crippen LogP contribution in [-0.2, 0) is 11.2 Å². The van der Waals surface area contributed by atoms with E-state index in [9.17, 15) is 4.79 Å². The number of aryl methyl sites for hydroxylation is 1. The van der Waals surface area contributed by atoms with Crippen LogP contribution >= 0.6 is 11.6 Å². The number of nitrogens with one attached hydrogen (secondary N) is 2. The first-order chi connectivity index (χ1) is 8.15. The van der Waals surface area contributed by atoms with Crippen LogP contribution in [0.4, 0.5) is 5.82 Å². The average Bonchev–Trinajstić information content (AvgIpc) is 2.26. The molecule has 1 heterocycles. The Morgan fingerprint density at radius 2 is 2.18 bits per heavy atom. The molecule has 0 saturated heterocycles. The van der Waals surface area contributed by atoms with Crippen LogP contribution in [0, 0.1) is 0 Å². The van der Waals surface area contributed by atoms with Crippen molar-refractivity contribution in [3.05, 3.63) is 17.0 Å². The van der Waals surface area contributed by atoms with Crippen LogP contribution in [0.5, 0.6) is 0 Å². The molecule has 0 fully saturated rings. The summed E-state index contributed by atoms with van der Waals surface area (Å²) < 4.78 is 0. The molecule has 6 heteroatoms. The Bertz CT molecular complexity index is 384. The van der Waals surface area contributed by atoms with Crippen LogP contribution in [-0.4, -0.2) is 29.0 Å². The SMILES string of the molecule is CCCc1nc(Cl)cc(NCC(=O)NCC)n1. The lowest BCUT2D eigenvalue weighted by atomic mass is 10.3. The summed E-state index contributed by atoms with van der Waals surface area (Å²) in [4.78, 5) is 19.6. The Labute approximate surface area is 106 Å². The molecule has 0 radical (unpaired) electrons. The molecular weight excluding hydrogens is 240 g/mol. The third kappa shape index (κ3) is 4.99. The molecule has 94 valence electrons. The molecule has 5 nitrogen and oxygen atoms in total. The minimum Gasteiger partial charge on any atom is -0.361 e. The third-order valence-electron chi connectivity index (χ3n) is 2.02. The molecule has 0 saturated carbocycles. The fourth-order valence-electron chi connectivity index (χ4n) is 1.32. The number of amides is 1. The highest BCUT2D eigenvalue weighted by molar-refractivity contribution is 6.29. The van der Waals surface area contributed by atoms with Gasteiger partial charge < -0.3 is 10.6 Å². The van der Waals surface area contributed by atoms with Gasteiger partial charge in [0.15, 0.2) is 0 Å². The number of carbonyl (C=O) groups excluding carboxylic acids is 1. The Kier molecular flexibility index (Phi) is 5.69. The Morgan fingerprint density at radius 1 is 1.41 bits per heavy atom. The number of aromatic nitrogens is 2. The first-order valence-electron chi connectivity index (χ1n) is 5.69. The van der Waals surface area contributed by atoms with E-state index in [4.69, 9.17) is 11.6 Å². The lowest BCUT2D eigenvalue weighted by Crippen LogP contribution is -2.29. The van der Waals surface area contributed by atoms with Gasteiger partial charge in [0.2, 0.25) is 5.91 Å². The second kappa shape index (κ2) is 7.06. The van der Waals surface area contributed by atoms with Gasteiger partial charge in [0, 0.05) is 19.0 Å². The number of hydrogen-bond acceptors (Lipinski definition) is 4. The van der Waals surface area contributed by atoms with Crippen LogP contribution in [0.1, 0.15) is 26.1 Å². The number of rotatable bonds is 6. The van der Waals surface area contributed by atoms with Crippen molar-refractivity contribution in [3.8, 4) is 0 Å². The second-order valence-electron chi connectivity index (χ2n) is 3.55. The topological polar surface area (TPSA) is 66.9 Å². The van der Waals surface area contributed by atoms with Crippen molar-refractivity contribution in [2.75, 3.05) is 18.4 Å². The summed E-state index contributed by atoms with van der Waals surface area (Å²) >= 11 is 5.87. The van der Waals surface area contributed by atoms with Gasteiger partial charge in [-0.25, -0.2) is 9.97 Å². The van der Waals surface area contributed by atoms with Crippen LogP contribution in [0.15, 0.2) is 6.07 Å². The zero-order chi connectivity index (χ0) is 12.7. The highest BCUT2D eigenvalue weighted by Gasteiger charge is 2.04. The molecule has 0 aliphatic carbocycles. The van der Waals surface area contributed by atoms with E-state index in [1.807, 2.05) is 13.8 Å². The molecule has 0 atom stereocenters. The van der Waals surface area contributed by atoms with Crippen molar-refractivity contribution in [2.45, 2.75) is 26.7 Å². The van der Waals surface area contributed by atoms with Gasteiger partial charge in [-0.2, -0.15) is 0 Å². The summed E-state index contributed by atoms with van der Waals surface area (Å²) in [6, 6.07) is 1.61. The number of hydrogen-bond donors (Lipinski definition) is 2. The van der Waals surface area contributed by atoms with Gasteiger partial charge >= 0.3 is 0 Å². The monoisotopic (exact) mass is 256 g/mol. The maximum Gasteiger partial charge on any atom is 0.239 e. The number of anilines is 1. The van der Waals surface area contributed by atoms with Gasteiger partial charge in [-0.3, -0.25) is 4.79 Å². The Balaban J connectivity index is 2.61. The van der Waals surface area contributed by atoms with Crippen molar-refractivity contribution in [3.63, 3.8) is 0 Å². The molecule has 0 bridgehead atoms. The summed E-state index contributed by atoms with van der Waals surface area (Å²) in [5.41, 5.74) is 0. The quantitative estimate of drug-likeness (QED) is 0.760. The molecule has 1 aromatic rings. The van der Waals surface area contributed by atoms with Crippen molar-refractivity contribution in [1.29, 1.82) is 0 Å². The molecule has 0 aliphatic heterocycles. The van der Waals surface area contributed by atoms with Crippen LogP contribution in [0.3, 0.4) is 0 Å². The fraction of sp³-hybridized carbons (Fsp3) is 0.545. The van der Waals surface area contributed by atoms with Gasteiger partial charge in [0.25, 0.3) is 0 Å². The molecule has 0 unspecified atom stereocenters. The average molecular weight is 257 g/mol. The van der Waals surface area contributed by atoms with Crippen molar-refractivity contribution in [1.82, 2.24) is 15.3 Å². The molecule has 17 heavy (non-hydrogen) atoms. The largest absolute Gasteiger partial charge is 0.361 e. The zero-order valence-electron chi connectivity index (χ0n) is 10.1. The smallest absolute Gasteiger partial charge is 0.239 e. The zero-order valence-corrected chi connectivity index (χ0v) is 10.8. The van der Waals surface area contributed by atoms with Crippen LogP contribution in [0.25, 0.3) is 0 Å². The third-order valence-corrected chi connectivity index (χ3v) is 2.21. The predicted molar refractivity (Wildman–Crippen MR) is 68.2 cm³/mol. The standard InChI is InChI=1S/C11H17ClN4O/c1-3-5-9-15-8(12)6-10(16-9)14-7-11(17)13-4-2/h6H,3-5,7H2,1-2H3,(H,13,17)(H,14,15,16). The molecule has 1 rings (SSSR count). The summed E-state index contributed by atoms with van der Waals surface area (Å²) in [5.74, 6) is 1.21. The number of carbonyl (C=O) groups is 1. The minimum atomic E-state index is -0.0701. The highest BCUT2D eigenvalue weighted by atomic mass is 35.5. The lowest BCUT2D eigenvalue weighted by molar-refractivity contribution is -0.119. The van der Waals surface area contributed by atoms with Gasteiger partial charge in [0.05, 0.1) is 6.54 Å². The highest BCUT2D eigenvalue weighted by Crippen LogP contribution is 2.12. The second-order valence-corrected chi connectivity index (χ2v) is 3.94. The predicted octanol–water partition coefficient (Wildman–Crippen LogP) is 1.63. The van der Waals surface area contributed by atoms with Gasteiger partial charge in [-0.15, -0.1) is 0 Å². The molecule has 0 aliphatic rings. The number of nitrogens with zero attached hydrogens (tertiary/aromatic N) is 2. The lowest BCUT2D eigenvalue weighted by Gasteiger charge is -2.07. The number of halogens is 1. The van der Waals surface area contributed by atoms with E-state index in [1.54, 1.807) is 6.07 Å². The summed E-state index contributed by atoms with van der Waals surface area (Å²) in [6.45, 7) is 4.73. The Morgan fingerprint density at radius 3 is 2.82 bits per heavy atom. The molecule has 1 aromatic heterocycles. The van der Waals surface area contributed by atoms with Crippen molar-refractivity contribution < 1.29 is 4.79 Å². The maximum absolute atomic E-state index is 11.3. The first-order valence-corrected chi connectivity index (χ1v) is 6.07.